The Hall–Kier alpha value is -3.35. The van der Waals surface area contributed by atoms with Crippen LogP contribution in [0.5, 0.6) is 0 Å². The van der Waals surface area contributed by atoms with E-state index in [-0.39, 0.29) is 48.7 Å². The minimum atomic E-state index is -1.46. The lowest BCUT2D eigenvalue weighted by Gasteiger charge is -2.38. The average Bonchev–Trinajstić information content (AvgIpc) is 3.70. The molecule has 4 heterocycles. The number of nitrogens with zero attached hydrogens (tertiary/aromatic N) is 4. The molecule has 2 bridgehead atoms. The van der Waals surface area contributed by atoms with Crippen molar-refractivity contribution >= 4 is 17.8 Å². The van der Waals surface area contributed by atoms with Crippen LogP contribution in [-0.2, 0) is 20.7 Å². The van der Waals surface area contributed by atoms with Crippen LogP contribution in [0.4, 0.5) is 4.39 Å². The third-order valence-electron chi connectivity index (χ3n) is 9.40. The number of oxazole rings is 1. The quantitative estimate of drug-likeness (QED) is 0.469. The monoisotopic (exact) mass is 657 g/mol. The Bertz CT molecular complexity index is 1300. The van der Waals surface area contributed by atoms with E-state index >= 15 is 0 Å². The number of carbonyl (C=O) groups excluding carboxylic acids is 3. The summed E-state index contributed by atoms with van der Waals surface area (Å²) in [5, 5.41) is 13.2. The molecule has 1 aromatic rings. The molecule has 2 N–H and O–H groups in total. The highest BCUT2D eigenvalue weighted by atomic mass is 19.1. The van der Waals surface area contributed by atoms with Gasteiger partial charge in [-0.2, -0.15) is 0 Å². The van der Waals surface area contributed by atoms with Gasteiger partial charge in [-0.25, -0.2) is 14.2 Å². The maximum atomic E-state index is 14.8. The van der Waals surface area contributed by atoms with Crippen LogP contribution < -0.4 is 5.32 Å². The van der Waals surface area contributed by atoms with Crippen molar-refractivity contribution in [1.82, 2.24) is 25.0 Å². The molecule has 2 saturated heterocycles. The molecular weight excluding hydrogens is 605 g/mol. The van der Waals surface area contributed by atoms with Crippen LogP contribution in [0, 0.1) is 11.8 Å². The van der Waals surface area contributed by atoms with E-state index in [1.54, 1.807) is 31.2 Å². The lowest BCUT2D eigenvalue weighted by atomic mass is 9.91. The SMILES string of the molecule is CC1=C\C(O)CC(F)Cc2nc(co2)C(=O)N2CCCC2C(=O)OC(C(C)CN2CCC(N(C)C)CC2)C(C)/C=C/C(=O)NC\C=C\1. The fourth-order valence-corrected chi connectivity index (χ4v) is 6.76. The number of halogens is 1. The molecule has 3 aliphatic heterocycles. The number of cyclic esters (lactones) is 1. The van der Waals surface area contributed by atoms with Gasteiger partial charge in [-0.1, -0.05) is 43.7 Å². The van der Waals surface area contributed by atoms with E-state index in [1.807, 2.05) is 6.92 Å². The summed E-state index contributed by atoms with van der Waals surface area (Å²) in [6.45, 7) is 9.04. The molecule has 0 spiro atoms. The zero-order valence-corrected chi connectivity index (χ0v) is 28.4. The maximum absolute atomic E-state index is 14.8. The zero-order chi connectivity index (χ0) is 34.1. The number of aliphatic hydroxyl groups excluding tert-OH is 1. The van der Waals surface area contributed by atoms with Gasteiger partial charge in [0.05, 0.1) is 12.5 Å². The molecule has 0 aromatic carbocycles. The van der Waals surface area contributed by atoms with Crippen LogP contribution in [0.2, 0.25) is 0 Å². The van der Waals surface area contributed by atoms with Gasteiger partial charge in [0.15, 0.2) is 11.6 Å². The largest absolute Gasteiger partial charge is 0.460 e. The number of rotatable bonds is 4. The predicted molar refractivity (Wildman–Crippen MR) is 176 cm³/mol. The molecule has 6 atom stereocenters. The Morgan fingerprint density at radius 3 is 2.62 bits per heavy atom. The number of carbonyl (C=O) groups is 3. The number of aromatic nitrogens is 1. The Labute approximate surface area is 277 Å². The molecule has 6 unspecified atom stereocenters. The van der Waals surface area contributed by atoms with Gasteiger partial charge in [-0.15, -0.1) is 0 Å². The van der Waals surface area contributed by atoms with Crippen molar-refractivity contribution < 1.29 is 33.0 Å². The fourth-order valence-electron chi connectivity index (χ4n) is 6.76. The van der Waals surface area contributed by atoms with Crippen LogP contribution in [0.15, 0.2) is 46.6 Å². The van der Waals surface area contributed by atoms with Crippen molar-refractivity contribution in [1.29, 1.82) is 0 Å². The molecule has 3 aliphatic rings. The third kappa shape index (κ3) is 10.6. The van der Waals surface area contributed by atoms with E-state index in [4.69, 9.17) is 9.15 Å². The van der Waals surface area contributed by atoms with E-state index in [1.165, 1.54) is 17.2 Å². The molecule has 1 aromatic heterocycles. The second kappa shape index (κ2) is 17.2. The summed E-state index contributed by atoms with van der Waals surface area (Å²) in [5.74, 6) is -1.53. The second-order valence-corrected chi connectivity index (χ2v) is 13.5. The number of alkyl halides is 1. The lowest BCUT2D eigenvalue weighted by molar-refractivity contribution is -0.158. The smallest absolute Gasteiger partial charge is 0.329 e. The molecule has 0 saturated carbocycles. The number of likely N-dealkylation sites (tertiary alicyclic amines) is 1. The van der Waals surface area contributed by atoms with Gasteiger partial charge in [0, 0.05) is 43.9 Å². The topological polar surface area (TPSA) is 128 Å². The Morgan fingerprint density at radius 2 is 1.89 bits per heavy atom. The normalized spacial score (nSPS) is 31.4. The summed E-state index contributed by atoms with van der Waals surface area (Å²) >= 11 is 0. The first-order valence-corrected chi connectivity index (χ1v) is 16.9. The molecule has 47 heavy (non-hydrogen) atoms. The number of esters is 1. The first-order valence-electron chi connectivity index (χ1n) is 16.9. The van der Waals surface area contributed by atoms with E-state index in [0.29, 0.717) is 25.4 Å². The molecule has 0 radical (unpaired) electrons. The number of amides is 2. The van der Waals surface area contributed by atoms with Gasteiger partial charge in [0.2, 0.25) is 5.91 Å². The minimum Gasteiger partial charge on any atom is -0.460 e. The van der Waals surface area contributed by atoms with Crippen molar-refractivity contribution in [3.63, 3.8) is 0 Å². The first kappa shape index (κ1) is 36.5. The van der Waals surface area contributed by atoms with Crippen LogP contribution in [0.3, 0.4) is 0 Å². The van der Waals surface area contributed by atoms with E-state index in [0.717, 1.165) is 38.0 Å². The highest BCUT2D eigenvalue weighted by Gasteiger charge is 2.39. The summed E-state index contributed by atoms with van der Waals surface area (Å²) in [6, 6.07) is -0.241. The number of fused-ring (bicyclic) bond motifs is 3. The summed E-state index contributed by atoms with van der Waals surface area (Å²) in [7, 11) is 4.22. The van der Waals surface area contributed by atoms with E-state index in [9.17, 15) is 23.9 Å². The molecule has 4 rings (SSSR count). The van der Waals surface area contributed by atoms with Crippen LogP contribution in [0.1, 0.15) is 69.3 Å². The van der Waals surface area contributed by atoms with Crippen LogP contribution in [0.25, 0.3) is 0 Å². The predicted octanol–water partition coefficient (Wildman–Crippen LogP) is 3.31. The van der Waals surface area contributed by atoms with Crippen LogP contribution in [-0.4, -0.2) is 120 Å². The van der Waals surface area contributed by atoms with E-state index in [2.05, 4.69) is 41.1 Å². The number of aliphatic hydroxyl groups is 1. The number of ether oxygens (including phenoxy) is 1. The molecule has 0 aliphatic carbocycles. The average molecular weight is 658 g/mol. The highest BCUT2D eigenvalue weighted by Crippen LogP contribution is 2.27. The molecular formula is C35H52FN5O6. The second-order valence-electron chi connectivity index (χ2n) is 13.5. The molecule has 260 valence electrons. The maximum Gasteiger partial charge on any atom is 0.329 e. The van der Waals surface area contributed by atoms with Crippen molar-refractivity contribution in [2.75, 3.05) is 46.8 Å². The molecule has 2 fully saturated rings. The Morgan fingerprint density at radius 1 is 1.15 bits per heavy atom. The molecule has 12 heteroatoms. The number of nitrogens with one attached hydrogen (secondary N) is 1. The summed E-state index contributed by atoms with van der Waals surface area (Å²) in [6.07, 6.45) is 9.27. The highest BCUT2D eigenvalue weighted by molar-refractivity contribution is 5.95. The standard InChI is InChI=1S/C35H52FN5O6/c1-23-8-6-14-37-31(43)11-10-24(2)33(25(3)21-40-16-12-27(13-17-40)39(4)5)47-35(45)30-9-7-15-41(30)34(44)29-22-46-32(38-29)20-26(36)19-28(42)18-23/h6,8,10-11,18,22,24-28,30,33,42H,7,9,12-17,19-21H2,1-5H3,(H,37,43)/b8-6+,11-10+,23-18+. The number of hydrogen-bond donors (Lipinski definition) is 2. The van der Waals surface area contributed by atoms with Gasteiger partial charge >= 0.3 is 5.97 Å². The van der Waals surface area contributed by atoms with Crippen molar-refractivity contribution in [2.24, 2.45) is 11.8 Å². The van der Waals surface area contributed by atoms with Gasteiger partial charge in [0.25, 0.3) is 5.91 Å². The van der Waals surface area contributed by atoms with Gasteiger partial charge in [-0.05, 0) is 65.9 Å². The summed E-state index contributed by atoms with van der Waals surface area (Å²) < 4.78 is 26.5. The van der Waals surface area contributed by atoms with Crippen LogP contribution >= 0.6 is 0 Å². The first-order chi connectivity index (χ1) is 22.4. The zero-order valence-electron chi connectivity index (χ0n) is 28.4. The van der Waals surface area contributed by atoms with Gasteiger partial charge < -0.3 is 34.3 Å². The van der Waals surface area contributed by atoms with Crippen molar-refractivity contribution in [3.8, 4) is 0 Å². The number of hydrogen-bond acceptors (Lipinski definition) is 9. The van der Waals surface area contributed by atoms with Gasteiger partial charge in [-0.3, -0.25) is 9.59 Å². The number of allylic oxidation sites excluding steroid dienone is 2. The molecule has 2 amide bonds. The summed E-state index contributed by atoms with van der Waals surface area (Å²) in [4.78, 5) is 50.2. The lowest BCUT2D eigenvalue weighted by Crippen LogP contribution is -2.47. The molecule has 11 nitrogen and oxygen atoms in total. The van der Waals surface area contributed by atoms with Crippen molar-refractivity contribution in [2.45, 2.75) is 89.8 Å². The Balaban J connectivity index is 1.55. The Kier molecular flexibility index (Phi) is 13.3. The fraction of sp³-hybridized carbons (Fsp3) is 0.657. The third-order valence-corrected chi connectivity index (χ3v) is 9.40. The van der Waals surface area contributed by atoms with E-state index < -0.39 is 36.3 Å². The minimum absolute atomic E-state index is 0.0000706. The van der Waals surface area contributed by atoms with Gasteiger partial charge in [0.1, 0.15) is 24.6 Å². The summed E-state index contributed by atoms with van der Waals surface area (Å²) in [5.41, 5.74) is 0.718. The number of piperidine rings is 1. The van der Waals surface area contributed by atoms with Crippen molar-refractivity contribution in [3.05, 3.63) is 53.8 Å².